The number of rotatable bonds is 7. The average molecular weight is 518 g/mol. The first-order chi connectivity index (χ1) is 18.9. The number of benzene rings is 4. The van der Waals surface area contributed by atoms with Crippen LogP contribution in [0.4, 0.5) is 22.7 Å². The number of nitrogen functional groups attached to an aromatic ring is 2. The van der Waals surface area contributed by atoms with Crippen molar-refractivity contribution >= 4 is 40.1 Å². The molecule has 2 amide bonds. The molecular weight excluding hydrogens is 486 g/mol. The Morgan fingerprint density at radius 1 is 0.795 bits per heavy atom. The molecule has 5 rings (SSSR count). The van der Waals surface area contributed by atoms with Gasteiger partial charge in [0.05, 0.1) is 22.7 Å². The zero-order chi connectivity index (χ0) is 27.4. The van der Waals surface area contributed by atoms with Gasteiger partial charge in [0.2, 0.25) is 5.91 Å². The third-order valence-electron chi connectivity index (χ3n) is 6.96. The first-order valence-electron chi connectivity index (χ1n) is 12.8. The fourth-order valence-corrected chi connectivity index (χ4v) is 4.94. The Morgan fingerprint density at radius 2 is 1.38 bits per heavy atom. The summed E-state index contributed by atoms with van der Waals surface area (Å²) in [6.07, 6.45) is 0.262. The van der Waals surface area contributed by atoms with Gasteiger partial charge in [-0.2, -0.15) is 0 Å². The minimum Gasteiger partial charge on any atom is -0.397 e. The fraction of sp³-hybridized carbons (Fsp3) is 0.125. The van der Waals surface area contributed by atoms with Gasteiger partial charge in [-0.1, -0.05) is 67.2 Å². The minimum absolute atomic E-state index is 0.114. The summed E-state index contributed by atoms with van der Waals surface area (Å²) in [4.78, 5) is 28.1. The lowest BCUT2D eigenvalue weighted by atomic mass is 9.87. The van der Waals surface area contributed by atoms with E-state index in [1.165, 1.54) is 0 Å². The Morgan fingerprint density at radius 3 is 2.05 bits per heavy atom. The van der Waals surface area contributed by atoms with Crippen LogP contribution in [0.3, 0.4) is 0 Å². The van der Waals surface area contributed by atoms with Crippen LogP contribution >= 0.6 is 0 Å². The second-order valence-corrected chi connectivity index (χ2v) is 9.69. The lowest BCUT2D eigenvalue weighted by Crippen LogP contribution is -2.36. The Kier molecular flexibility index (Phi) is 7.43. The number of nitrogens with two attached hydrogens (primary N) is 2. The summed E-state index contributed by atoms with van der Waals surface area (Å²) in [5.41, 5.74) is 18.9. The van der Waals surface area contributed by atoms with Crippen molar-refractivity contribution in [2.75, 3.05) is 28.6 Å². The SMILES string of the molecule is C=C1CN(Cc2ccc(C(=O)Nc3ccccc3N)cc2)C(CC(=O)Nc2ccccc2N)c2ccccc21. The maximum Gasteiger partial charge on any atom is 0.255 e. The predicted molar refractivity (Wildman–Crippen MR) is 158 cm³/mol. The first-order valence-corrected chi connectivity index (χ1v) is 12.8. The smallest absolute Gasteiger partial charge is 0.255 e. The van der Waals surface area contributed by atoms with Crippen molar-refractivity contribution in [3.8, 4) is 0 Å². The van der Waals surface area contributed by atoms with E-state index in [0.717, 1.165) is 22.3 Å². The van der Waals surface area contributed by atoms with E-state index in [1.807, 2.05) is 48.5 Å². The van der Waals surface area contributed by atoms with Crippen LogP contribution in [-0.4, -0.2) is 23.3 Å². The van der Waals surface area contributed by atoms with E-state index in [2.05, 4.69) is 34.2 Å². The van der Waals surface area contributed by atoms with Crippen LogP contribution in [0.1, 0.15) is 39.5 Å². The molecule has 196 valence electrons. The van der Waals surface area contributed by atoms with Gasteiger partial charge < -0.3 is 22.1 Å². The monoisotopic (exact) mass is 517 g/mol. The van der Waals surface area contributed by atoms with Gasteiger partial charge in [-0.05, 0) is 58.7 Å². The quantitative estimate of drug-likeness (QED) is 0.235. The molecule has 1 aliphatic rings. The molecule has 39 heavy (non-hydrogen) atoms. The van der Waals surface area contributed by atoms with Crippen LogP contribution in [0.2, 0.25) is 0 Å². The molecular formula is C32H31N5O2. The van der Waals surface area contributed by atoms with Crippen LogP contribution in [0, 0.1) is 0 Å². The Balaban J connectivity index is 1.33. The number of para-hydroxylation sites is 4. The summed E-state index contributed by atoms with van der Waals surface area (Å²) < 4.78 is 0. The van der Waals surface area contributed by atoms with Crippen LogP contribution in [-0.2, 0) is 11.3 Å². The lowest BCUT2D eigenvalue weighted by molar-refractivity contribution is -0.117. The summed E-state index contributed by atoms with van der Waals surface area (Å²) in [7, 11) is 0. The van der Waals surface area contributed by atoms with Crippen molar-refractivity contribution in [1.29, 1.82) is 0 Å². The maximum atomic E-state index is 13.1. The van der Waals surface area contributed by atoms with Gasteiger partial charge in [0.1, 0.15) is 0 Å². The van der Waals surface area contributed by atoms with Gasteiger partial charge in [-0.3, -0.25) is 14.5 Å². The van der Waals surface area contributed by atoms with Crippen molar-refractivity contribution in [1.82, 2.24) is 4.90 Å². The highest BCUT2D eigenvalue weighted by atomic mass is 16.2. The topological polar surface area (TPSA) is 113 Å². The number of hydrogen-bond acceptors (Lipinski definition) is 5. The molecule has 1 aliphatic heterocycles. The molecule has 0 spiro atoms. The molecule has 6 N–H and O–H groups in total. The first kappa shape index (κ1) is 25.8. The third kappa shape index (κ3) is 5.84. The van der Waals surface area contributed by atoms with Crippen LogP contribution in [0.25, 0.3) is 5.57 Å². The lowest BCUT2D eigenvalue weighted by Gasteiger charge is -2.38. The molecule has 0 bridgehead atoms. The summed E-state index contributed by atoms with van der Waals surface area (Å²) in [5.74, 6) is -0.341. The summed E-state index contributed by atoms with van der Waals surface area (Å²) >= 11 is 0. The second kappa shape index (κ2) is 11.2. The predicted octanol–water partition coefficient (Wildman–Crippen LogP) is 5.70. The largest absolute Gasteiger partial charge is 0.397 e. The molecule has 1 heterocycles. The third-order valence-corrected chi connectivity index (χ3v) is 6.96. The van der Waals surface area contributed by atoms with Gasteiger partial charge in [0, 0.05) is 31.1 Å². The number of amides is 2. The van der Waals surface area contributed by atoms with Crippen LogP contribution < -0.4 is 22.1 Å². The number of anilines is 4. The molecule has 1 atom stereocenters. The molecule has 7 heteroatoms. The molecule has 4 aromatic carbocycles. The zero-order valence-electron chi connectivity index (χ0n) is 21.6. The fourth-order valence-electron chi connectivity index (χ4n) is 4.94. The van der Waals surface area contributed by atoms with Crippen molar-refractivity contribution in [3.05, 3.63) is 126 Å². The molecule has 0 radical (unpaired) electrons. The highest BCUT2D eigenvalue weighted by Crippen LogP contribution is 2.38. The Hall–Kier alpha value is -4.88. The number of hydrogen-bond donors (Lipinski definition) is 4. The molecule has 0 fully saturated rings. The number of carbonyl (C=O) groups excluding carboxylic acids is 2. The molecule has 0 aliphatic carbocycles. The Labute approximate surface area is 228 Å². The molecule has 7 nitrogen and oxygen atoms in total. The zero-order valence-corrected chi connectivity index (χ0v) is 21.6. The number of nitrogens with one attached hydrogen (secondary N) is 2. The number of carbonyl (C=O) groups is 2. The Bertz CT molecular complexity index is 1530. The average Bonchev–Trinajstić information content (AvgIpc) is 2.94. The summed E-state index contributed by atoms with van der Waals surface area (Å²) in [6.45, 7) is 5.52. The van der Waals surface area contributed by atoms with Gasteiger partial charge in [0.15, 0.2) is 0 Å². The summed E-state index contributed by atoms with van der Waals surface area (Å²) in [6, 6.07) is 29.8. The van der Waals surface area contributed by atoms with Crippen LogP contribution in [0.5, 0.6) is 0 Å². The van der Waals surface area contributed by atoms with Gasteiger partial charge in [0.25, 0.3) is 5.91 Å². The number of nitrogens with zero attached hydrogens (tertiary/aromatic N) is 1. The van der Waals surface area contributed by atoms with E-state index in [1.54, 1.807) is 36.4 Å². The van der Waals surface area contributed by atoms with E-state index >= 15 is 0 Å². The highest BCUT2D eigenvalue weighted by Gasteiger charge is 2.31. The number of fused-ring (bicyclic) bond motifs is 1. The maximum absolute atomic E-state index is 13.1. The minimum atomic E-state index is -0.227. The van der Waals surface area contributed by atoms with Crippen molar-refractivity contribution in [3.63, 3.8) is 0 Å². The summed E-state index contributed by atoms with van der Waals surface area (Å²) in [5, 5.41) is 5.82. The molecule has 4 aromatic rings. The van der Waals surface area contributed by atoms with Crippen molar-refractivity contribution in [2.24, 2.45) is 0 Å². The van der Waals surface area contributed by atoms with Crippen molar-refractivity contribution < 1.29 is 9.59 Å². The van der Waals surface area contributed by atoms with Crippen LogP contribution in [0.15, 0.2) is 104 Å². The van der Waals surface area contributed by atoms with E-state index in [4.69, 9.17) is 11.5 Å². The molecule has 0 saturated carbocycles. The molecule has 1 unspecified atom stereocenters. The van der Waals surface area contributed by atoms with Gasteiger partial charge in [-0.25, -0.2) is 0 Å². The molecule has 0 saturated heterocycles. The van der Waals surface area contributed by atoms with E-state index in [-0.39, 0.29) is 24.3 Å². The standard InChI is InChI=1S/C32H31N5O2/c1-21-19-37(20-22-14-16-23(17-15-22)32(39)36-29-13-7-5-11-27(29)34)30(25-9-3-2-8-24(21)25)18-31(38)35-28-12-6-4-10-26(28)33/h2-17,30H,1,18-20,33-34H2,(H,35,38)(H,36,39). The van der Waals surface area contributed by atoms with Gasteiger partial charge >= 0.3 is 0 Å². The van der Waals surface area contributed by atoms with E-state index in [9.17, 15) is 9.59 Å². The van der Waals surface area contributed by atoms with Gasteiger partial charge in [-0.15, -0.1) is 0 Å². The normalized spacial score (nSPS) is 14.9. The van der Waals surface area contributed by atoms with E-state index in [0.29, 0.717) is 41.4 Å². The molecule has 0 aromatic heterocycles. The second-order valence-electron chi connectivity index (χ2n) is 9.69. The van der Waals surface area contributed by atoms with E-state index < -0.39 is 0 Å². The van der Waals surface area contributed by atoms with Crippen molar-refractivity contribution in [2.45, 2.75) is 19.0 Å². The highest BCUT2D eigenvalue weighted by molar-refractivity contribution is 6.05.